The van der Waals surface area contributed by atoms with Crippen molar-refractivity contribution in [2.24, 2.45) is 0 Å². The van der Waals surface area contributed by atoms with E-state index in [9.17, 15) is 18.0 Å². The lowest BCUT2D eigenvalue weighted by atomic mass is 10.1. The van der Waals surface area contributed by atoms with Crippen LogP contribution < -0.4 is 0 Å². The summed E-state index contributed by atoms with van der Waals surface area (Å²) in [4.78, 5) is 16.8. The van der Waals surface area contributed by atoms with Gasteiger partial charge in [0.15, 0.2) is 0 Å². The van der Waals surface area contributed by atoms with Gasteiger partial charge < -0.3 is 4.90 Å². The predicted octanol–water partition coefficient (Wildman–Crippen LogP) is 3.93. The Morgan fingerprint density at radius 1 is 1.35 bits per heavy atom. The van der Waals surface area contributed by atoms with Gasteiger partial charge in [-0.05, 0) is 25.0 Å². The van der Waals surface area contributed by atoms with Crippen LogP contribution in [0.3, 0.4) is 0 Å². The Morgan fingerprint density at radius 3 is 2.35 bits per heavy atom. The van der Waals surface area contributed by atoms with E-state index < -0.39 is 24.7 Å². The van der Waals surface area contributed by atoms with Gasteiger partial charge in [0.25, 0.3) is 5.91 Å². The standard InChI is InChI=1S/C13H16ClF3N2O/c1-3-10(4-2)19(8-13(15,16)17)12(20)9-5-6-11(14)18-7-9/h5-7,10H,3-4,8H2,1-2H3. The number of hydrogen-bond acceptors (Lipinski definition) is 2. The zero-order valence-corrected chi connectivity index (χ0v) is 12.0. The maximum absolute atomic E-state index is 12.6. The van der Waals surface area contributed by atoms with E-state index in [1.807, 2.05) is 0 Å². The molecular weight excluding hydrogens is 293 g/mol. The lowest BCUT2D eigenvalue weighted by Crippen LogP contribution is -2.45. The summed E-state index contributed by atoms with van der Waals surface area (Å²) in [6.45, 7) is 2.25. The van der Waals surface area contributed by atoms with Crippen molar-refractivity contribution >= 4 is 17.5 Å². The Kier molecular flexibility index (Phi) is 5.80. The van der Waals surface area contributed by atoms with E-state index in [2.05, 4.69) is 4.98 Å². The van der Waals surface area contributed by atoms with Crippen molar-refractivity contribution < 1.29 is 18.0 Å². The molecule has 0 radical (unpaired) electrons. The van der Waals surface area contributed by atoms with Crippen LogP contribution in [0.25, 0.3) is 0 Å². The maximum Gasteiger partial charge on any atom is 0.406 e. The van der Waals surface area contributed by atoms with Crippen molar-refractivity contribution in [1.29, 1.82) is 0 Å². The van der Waals surface area contributed by atoms with Gasteiger partial charge in [-0.25, -0.2) is 4.98 Å². The summed E-state index contributed by atoms with van der Waals surface area (Å²) in [6.07, 6.45) is -2.33. The molecule has 1 amide bonds. The molecule has 0 N–H and O–H groups in total. The van der Waals surface area contributed by atoms with E-state index in [0.717, 1.165) is 4.90 Å². The third-order valence-electron chi connectivity index (χ3n) is 2.97. The van der Waals surface area contributed by atoms with E-state index >= 15 is 0 Å². The molecule has 0 aliphatic carbocycles. The van der Waals surface area contributed by atoms with E-state index in [-0.39, 0.29) is 10.7 Å². The van der Waals surface area contributed by atoms with Crippen LogP contribution in [0.2, 0.25) is 5.15 Å². The SMILES string of the molecule is CCC(CC)N(CC(F)(F)F)C(=O)c1ccc(Cl)nc1. The van der Waals surface area contributed by atoms with Crippen LogP contribution in [0.5, 0.6) is 0 Å². The highest BCUT2D eigenvalue weighted by molar-refractivity contribution is 6.29. The van der Waals surface area contributed by atoms with Gasteiger partial charge in [0, 0.05) is 12.2 Å². The van der Waals surface area contributed by atoms with E-state index in [0.29, 0.717) is 12.8 Å². The summed E-state index contributed by atoms with van der Waals surface area (Å²) in [6, 6.07) is 2.30. The van der Waals surface area contributed by atoms with Gasteiger partial charge >= 0.3 is 6.18 Å². The zero-order chi connectivity index (χ0) is 15.3. The molecule has 1 rings (SSSR count). The number of carbonyl (C=O) groups is 1. The molecule has 0 fully saturated rings. The molecule has 112 valence electrons. The van der Waals surface area contributed by atoms with Crippen LogP contribution in [0.4, 0.5) is 13.2 Å². The first-order chi connectivity index (χ1) is 9.28. The first kappa shape index (κ1) is 16.8. The van der Waals surface area contributed by atoms with Crippen LogP contribution in [0.15, 0.2) is 18.3 Å². The molecule has 0 aromatic carbocycles. The summed E-state index contributed by atoms with van der Waals surface area (Å²) < 4.78 is 37.9. The lowest BCUT2D eigenvalue weighted by Gasteiger charge is -2.31. The van der Waals surface area contributed by atoms with Gasteiger partial charge in [0.05, 0.1) is 5.56 Å². The number of amides is 1. The second-order valence-electron chi connectivity index (χ2n) is 4.39. The topological polar surface area (TPSA) is 33.2 Å². The number of hydrogen-bond donors (Lipinski definition) is 0. The number of halogens is 4. The smallest absolute Gasteiger partial charge is 0.327 e. The first-order valence-electron chi connectivity index (χ1n) is 6.27. The number of alkyl halides is 3. The second-order valence-corrected chi connectivity index (χ2v) is 4.78. The zero-order valence-electron chi connectivity index (χ0n) is 11.2. The number of aromatic nitrogens is 1. The summed E-state index contributed by atoms with van der Waals surface area (Å²) >= 11 is 5.60. The molecule has 0 aliphatic rings. The van der Waals surface area contributed by atoms with Crippen molar-refractivity contribution in [1.82, 2.24) is 9.88 Å². The summed E-state index contributed by atoms with van der Waals surface area (Å²) in [7, 11) is 0. The highest BCUT2D eigenvalue weighted by Gasteiger charge is 2.36. The van der Waals surface area contributed by atoms with E-state index in [4.69, 9.17) is 11.6 Å². The fraction of sp³-hybridized carbons (Fsp3) is 0.538. The number of pyridine rings is 1. The summed E-state index contributed by atoms with van der Waals surface area (Å²) in [5.41, 5.74) is 0.102. The minimum Gasteiger partial charge on any atom is -0.327 e. The Hall–Kier alpha value is -1.30. The van der Waals surface area contributed by atoms with Crippen LogP contribution in [-0.4, -0.2) is 34.6 Å². The molecule has 20 heavy (non-hydrogen) atoms. The molecule has 3 nitrogen and oxygen atoms in total. The molecule has 0 bridgehead atoms. The minimum atomic E-state index is -4.43. The molecule has 0 aliphatic heterocycles. The van der Waals surface area contributed by atoms with Crippen LogP contribution in [0.1, 0.15) is 37.0 Å². The van der Waals surface area contributed by atoms with Gasteiger partial charge in [-0.2, -0.15) is 13.2 Å². The highest BCUT2D eigenvalue weighted by Crippen LogP contribution is 2.22. The van der Waals surface area contributed by atoms with Crippen molar-refractivity contribution in [3.8, 4) is 0 Å². The number of rotatable bonds is 5. The molecule has 1 aromatic heterocycles. The average molecular weight is 309 g/mol. The van der Waals surface area contributed by atoms with Crippen LogP contribution >= 0.6 is 11.6 Å². The third-order valence-corrected chi connectivity index (χ3v) is 3.19. The highest BCUT2D eigenvalue weighted by atomic mass is 35.5. The Labute approximate surface area is 120 Å². The van der Waals surface area contributed by atoms with Crippen LogP contribution in [0, 0.1) is 0 Å². The normalized spacial score (nSPS) is 11.8. The predicted molar refractivity (Wildman–Crippen MR) is 70.7 cm³/mol. The molecular formula is C13H16ClF3N2O. The lowest BCUT2D eigenvalue weighted by molar-refractivity contribution is -0.144. The van der Waals surface area contributed by atoms with Gasteiger partial charge in [0.2, 0.25) is 0 Å². The first-order valence-corrected chi connectivity index (χ1v) is 6.65. The largest absolute Gasteiger partial charge is 0.406 e. The number of carbonyl (C=O) groups excluding carboxylic acids is 1. The molecule has 1 aromatic rings. The Balaban J connectivity index is 3.02. The maximum atomic E-state index is 12.6. The van der Waals surface area contributed by atoms with Crippen molar-refractivity contribution in [2.45, 2.75) is 38.9 Å². The quantitative estimate of drug-likeness (QED) is 0.772. The van der Waals surface area contributed by atoms with Crippen LogP contribution in [-0.2, 0) is 0 Å². The minimum absolute atomic E-state index is 0.102. The van der Waals surface area contributed by atoms with Gasteiger partial charge in [-0.1, -0.05) is 25.4 Å². The summed E-state index contributed by atoms with van der Waals surface area (Å²) in [5.74, 6) is -0.680. The molecule has 0 atom stereocenters. The monoisotopic (exact) mass is 308 g/mol. The fourth-order valence-electron chi connectivity index (χ4n) is 1.96. The molecule has 7 heteroatoms. The van der Waals surface area contributed by atoms with Crippen molar-refractivity contribution in [2.75, 3.05) is 6.54 Å². The number of nitrogens with zero attached hydrogens (tertiary/aromatic N) is 2. The fourth-order valence-corrected chi connectivity index (χ4v) is 2.07. The van der Waals surface area contributed by atoms with Crippen molar-refractivity contribution in [3.63, 3.8) is 0 Å². The van der Waals surface area contributed by atoms with E-state index in [1.54, 1.807) is 13.8 Å². The Bertz CT molecular complexity index is 444. The molecule has 0 unspecified atom stereocenters. The summed E-state index contributed by atoms with van der Waals surface area (Å²) in [5, 5.41) is 0.187. The average Bonchev–Trinajstić information content (AvgIpc) is 2.37. The van der Waals surface area contributed by atoms with E-state index in [1.165, 1.54) is 18.3 Å². The van der Waals surface area contributed by atoms with Gasteiger partial charge in [-0.3, -0.25) is 4.79 Å². The second kappa shape index (κ2) is 6.92. The molecule has 0 spiro atoms. The van der Waals surface area contributed by atoms with Crippen molar-refractivity contribution in [3.05, 3.63) is 29.0 Å². The Morgan fingerprint density at radius 2 is 1.95 bits per heavy atom. The molecule has 1 heterocycles. The molecule has 0 saturated carbocycles. The van der Waals surface area contributed by atoms with Gasteiger partial charge in [-0.15, -0.1) is 0 Å². The third kappa shape index (κ3) is 4.67. The molecule has 0 saturated heterocycles. The van der Waals surface area contributed by atoms with Gasteiger partial charge in [0.1, 0.15) is 11.7 Å².